The summed E-state index contributed by atoms with van der Waals surface area (Å²) in [6.07, 6.45) is 8.94. The Bertz CT molecular complexity index is 402. The Labute approximate surface area is 121 Å². The second-order valence-corrected chi connectivity index (χ2v) is 5.75. The number of nitrogens with zero attached hydrogens (tertiary/aromatic N) is 2. The molecule has 114 valence electrons. The summed E-state index contributed by atoms with van der Waals surface area (Å²) >= 11 is 0. The summed E-state index contributed by atoms with van der Waals surface area (Å²) in [5.41, 5.74) is 0. The van der Waals surface area contributed by atoms with Gasteiger partial charge in [-0.3, -0.25) is 4.79 Å². The minimum Gasteiger partial charge on any atom is -0.394 e. The summed E-state index contributed by atoms with van der Waals surface area (Å²) in [6.45, 7) is 7.60. The van der Waals surface area contributed by atoms with Crippen LogP contribution >= 0.6 is 0 Å². The number of carbonyl (C=O) groups is 1. The Morgan fingerprint density at radius 3 is 2.80 bits per heavy atom. The lowest BCUT2D eigenvalue weighted by Gasteiger charge is -2.17. The molecule has 0 aliphatic carbocycles. The normalized spacial score (nSPS) is 12.7. The van der Waals surface area contributed by atoms with Gasteiger partial charge in [-0.15, -0.1) is 0 Å². The number of imidazole rings is 1. The van der Waals surface area contributed by atoms with E-state index in [0.717, 1.165) is 25.8 Å². The van der Waals surface area contributed by atoms with Gasteiger partial charge in [0.2, 0.25) is 6.33 Å². The number of aliphatic hydroxyl groups is 1. The first-order valence-electron chi connectivity index (χ1n) is 7.50. The Morgan fingerprint density at radius 1 is 1.45 bits per heavy atom. The van der Waals surface area contributed by atoms with Crippen molar-refractivity contribution in [2.45, 2.75) is 59.2 Å². The molecule has 0 radical (unpaired) electrons. The molecule has 5 nitrogen and oxygen atoms in total. The second-order valence-electron chi connectivity index (χ2n) is 5.75. The number of nitrogens with one attached hydrogen (secondary N) is 1. The van der Waals surface area contributed by atoms with Gasteiger partial charge in [-0.25, -0.2) is 9.13 Å². The smallest absolute Gasteiger partial charge is 0.262 e. The number of aryl methyl sites for hydroxylation is 1. The predicted octanol–water partition coefficient (Wildman–Crippen LogP) is 1.10. The average molecular weight is 282 g/mol. The molecule has 2 N–H and O–H groups in total. The molecule has 0 unspecified atom stereocenters. The Balaban J connectivity index is 2.42. The zero-order valence-corrected chi connectivity index (χ0v) is 12.9. The van der Waals surface area contributed by atoms with Crippen LogP contribution in [0.2, 0.25) is 0 Å². The number of rotatable bonds is 9. The Kier molecular flexibility index (Phi) is 7.30. The van der Waals surface area contributed by atoms with E-state index < -0.39 is 0 Å². The molecule has 0 bridgehead atoms. The fraction of sp³-hybridized carbons (Fsp3) is 0.733. The maximum Gasteiger partial charge on any atom is 0.262 e. The molecule has 0 aromatic carbocycles. The van der Waals surface area contributed by atoms with E-state index in [9.17, 15) is 9.90 Å². The lowest BCUT2D eigenvalue weighted by molar-refractivity contribution is -0.684. The van der Waals surface area contributed by atoms with Crippen LogP contribution in [-0.4, -0.2) is 28.2 Å². The minimum atomic E-state index is -0.148. The van der Waals surface area contributed by atoms with Crippen molar-refractivity contribution in [2.24, 2.45) is 5.92 Å². The molecule has 1 aromatic rings. The number of carbonyl (C=O) groups excluding carboxylic acids is 1. The summed E-state index contributed by atoms with van der Waals surface area (Å²) in [4.78, 5) is 11.9. The first-order valence-corrected chi connectivity index (χ1v) is 7.50. The van der Waals surface area contributed by atoms with Gasteiger partial charge in [-0.05, 0) is 18.8 Å². The van der Waals surface area contributed by atoms with Crippen LogP contribution in [0.4, 0.5) is 0 Å². The van der Waals surface area contributed by atoms with Crippen LogP contribution in [0.15, 0.2) is 18.7 Å². The summed E-state index contributed by atoms with van der Waals surface area (Å²) in [5.74, 6) is 0.401. The van der Waals surface area contributed by atoms with E-state index in [2.05, 4.69) is 30.7 Å². The van der Waals surface area contributed by atoms with Crippen molar-refractivity contribution in [2.75, 3.05) is 6.61 Å². The summed E-state index contributed by atoms with van der Waals surface area (Å²) in [6, 6.07) is -0.148. The molecule has 1 rings (SSSR count). The first-order chi connectivity index (χ1) is 9.55. The maximum absolute atomic E-state index is 11.9. The zero-order chi connectivity index (χ0) is 15.0. The van der Waals surface area contributed by atoms with Gasteiger partial charge in [-0.2, -0.15) is 0 Å². The molecule has 20 heavy (non-hydrogen) atoms. The van der Waals surface area contributed by atoms with Gasteiger partial charge in [0.25, 0.3) is 5.91 Å². The van der Waals surface area contributed by atoms with E-state index in [1.54, 1.807) is 0 Å². The molecule has 1 atom stereocenters. The van der Waals surface area contributed by atoms with E-state index >= 15 is 0 Å². The Hall–Kier alpha value is -1.36. The number of hydrogen-bond acceptors (Lipinski definition) is 2. The van der Waals surface area contributed by atoms with E-state index in [0.29, 0.717) is 12.5 Å². The van der Waals surface area contributed by atoms with E-state index in [4.69, 9.17) is 0 Å². The topological polar surface area (TPSA) is 58.1 Å². The highest BCUT2D eigenvalue weighted by molar-refractivity contribution is 5.74. The SMILES string of the molecule is CCCCn1cc[n+](CC(=O)N[C@H](CO)CC(C)C)c1. The molecule has 5 heteroatoms. The third-order valence-electron chi connectivity index (χ3n) is 3.18. The van der Waals surface area contributed by atoms with Gasteiger partial charge in [-0.1, -0.05) is 27.2 Å². The van der Waals surface area contributed by atoms with Gasteiger partial charge >= 0.3 is 0 Å². The fourth-order valence-corrected chi connectivity index (χ4v) is 2.19. The van der Waals surface area contributed by atoms with Crippen LogP contribution in [0, 0.1) is 5.92 Å². The van der Waals surface area contributed by atoms with Crippen LogP contribution in [0.25, 0.3) is 0 Å². The number of aliphatic hydroxyl groups excluding tert-OH is 1. The van der Waals surface area contributed by atoms with Crippen LogP contribution in [-0.2, 0) is 17.9 Å². The lowest BCUT2D eigenvalue weighted by Crippen LogP contribution is -2.46. The zero-order valence-electron chi connectivity index (χ0n) is 12.9. The summed E-state index contributed by atoms with van der Waals surface area (Å²) in [7, 11) is 0. The lowest BCUT2D eigenvalue weighted by atomic mass is 10.0. The largest absolute Gasteiger partial charge is 0.394 e. The first kappa shape index (κ1) is 16.7. The molecule has 0 fully saturated rings. The van der Waals surface area contributed by atoms with Crippen LogP contribution in [0.3, 0.4) is 0 Å². The van der Waals surface area contributed by atoms with Crippen molar-refractivity contribution in [3.63, 3.8) is 0 Å². The molecule has 0 aliphatic rings. The standard InChI is InChI=1S/C15H27N3O2/c1-4-5-6-17-7-8-18(12-17)10-15(20)16-14(11-19)9-13(2)3/h7-8,12-14,19H,4-6,9-11H2,1-3H3/p+1/t14-/m0/s1. The van der Waals surface area contributed by atoms with Crippen molar-refractivity contribution in [1.82, 2.24) is 9.88 Å². The third kappa shape index (κ3) is 6.19. The quantitative estimate of drug-likeness (QED) is 0.666. The minimum absolute atomic E-state index is 0.00784. The second kappa shape index (κ2) is 8.74. The van der Waals surface area contributed by atoms with Crippen molar-refractivity contribution in [1.29, 1.82) is 0 Å². The Morgan fingerprint density at radius 2 is 2.20 bits per heavy atom. The van der Waals surface area contributed by atoms with Gasteiger partial charge < -0.3 is 10.4 Å². The maximum atomic E-state index is 11.9. The van der Waals surface area contributed by atoms with Crippen molar-refractivity contribution < 1.29 is 14.5 Å². The van der Waals surface area contributed by atoms with Crippen LogP contribution < -0.4 is 9.88 Å². The third-order valence-corrected chi connectivity index (χ3v) is 3.18. The molecule has 1 amide bonds. The van der Waals surface area contributed by atoms with Gasteiger partial charge in [0.05, 0.1) is 19.2 Å². The number of unbranched alkanes of at least 4 members (excludes halogenated alkanes) is 1. The van der Waals surface area contributed by atoms with Crippen molar-refractivity contribution in [3.05, 3.63) is 18.7 Å². The van der Waals surface area contributed by atoms with Crippen molar-refractivity contribution in [3.8, 4) is 0 Å². The summed E-state index contributed by atoms with van der Waals surface area (Å²) < 4.78 is 3.96. The molecule has 1 aromatic heterocycles. The monoisotopic (exact) mass is 282 g/mol. The van der Waals surface area contributed by atoms with Crippen LogP contribution in [0.1, 0.15) is 40.0 Å². The predicted molar refractivity (Wildman–Crippen MR) is 78.0 cm³/mol. The number of hydrogen-bond donors (Lipinski definition) is 2. The fourth-order valence-electron chi connectivity index (χ4n) is 2.19. The van der Waals surface area contributed by atoms with E-state index in [-0.39, 0.29) is 18.6 Å². The molecular weight excluding hydrogens is 254 g/mol. The molecule has 0 saturated carbocycles. The summed E-state index contributed by atoms with van der Waals surface area (Å²) in [5, 5.41) is 12.1. The molecule has 0 spiro atoms. The van der Waals surface area contributed by atoms with Crippen molar-refractivity contribution >= 4 is 5.91 Å². The highest BCUT2D eigenvalue weighted by atomic mass is 16.3. The number of amides is 1. The molecule has 0 aliphatic heterocycles. The highest BCUT2D eigenvalue weighted by Crippen LogP contribution is 2.03. The van der Waals surface area contributed by atoms with E-state index in [1.807, 2.05) is 23.3 Å². The highest BCUT2D eigenvalue weighted by Gasteiger charge is 2.15. The van der Waals surface area contributed by atoms with Gasteiger partial charge in [0, 0.05) is 0 Å². The molecule has 1 heterocycles. The molecule has 0 saturated heterocycles. The van der Waals surface area contributed by atoms with Gasteiger partial charge in [0.1, 0.15) is 12.4 Å². The number of aromatic nitrogens is 2. The average Bonchev–Trinajstić information content (AvgIpc) is 2.82. The van der Waals surface area contributed by atoms with Gasteiger partial charge in [0.15, 0.2) is 6.54 Å². The molecular formula is C15H28N3O2+. The van der Waals surface area contributed by atoms with E-state index in [1.165, 1.54) is 0 Å². The van der Waals surface area contributed by atoms with Crippen LogP contribution in [0.5, 0.6) is 0 Å².